The molecule has 0 amide bonds. The summed E-state index contributed by atoms with van der Waals surface area (Å²) >= 11 is 0. The molecule has 0 radical (unpaired) electrons. The van der Waals surface area contributed by atoms with Gasteiger partial charge in [0.05, 0.1) is 65.9 Å². The molecule has 0 unspecified atom stereocenters. The number of nitro benzene ring substituents is 1. The van der Waals surface area contributed by atoms with E-state index < -0.39 is 42.2 Å². The van der Waals surface area contributed by atoms with Crippen molar-refractivity contribution in [3.8, 4) is 45.0 Å². The van der Waals surface area contributed by atoms with Crippen LogP contribution in [0.1, 0.15) is 11.1 Å². The van der Waals surface area contributed by atoms with Crippen LogP contribution in [0.2, 0.25) is 0 Å². The Morgan fingerprint density at radius 1 is 0.271 bits per heavy atom. The molecule has 8 nitrogen and oxygen atoms in total. The number of para-hydroxylation sites is 6. The first-order valence-corrected chi connectivity index (χ1v) is 37.1. The summed E-state index contributed by atoms with van der Waals surface area (Å²) in [6, 6.07) is 108. The number of fused-ring (bicyclic) bond motifs is 14. The number of hydrogen-bond donors (Lipinski definition) is 0. The zero-order valence-corrected chi connectivity index (χ0v) is 57.6. The number of nitrogens with zero attached hydrogens (tertiary/aromatic N) is 6. The van der Waals surface area contributed by atoms with Gasteiger partial charge in [-0.1, -0.05) is 243 Å². The lowest BCUT2D eigenvalue weighted by molar-refractivity contribution is -0.384. The van der Waals surface area contributed by atoms with Crippen molar-refractivity contribution < 1.29 is 31.3 Å². The van der Waals surface area contributed by atoms with Gasteiger partial charge in [-0.25, -0.2) is 0 Å². The zero-order chi connectivity index (χ0) is 72.2. The average Bonchev–Trinajstić information content (AvgIpc) is 1.38. The van der Waals surface area contributed by atoms with E-state index in [0.29, 0.717) is 55.8 Å². The molecule has 0 saturated heterocycles. The van der Waals surface area contributed by atoms with E-state index in [0.717, 1.165) is 99.6 Å². The van der Waals surface area contributed by atoms with Crippen LogP contribution in [-0.2, 0) is 12.4 Å². The molecule has 0 atom stereocenters. The molecule has 4 aromatic heterocycles. The molecule has 5 heterocycles. The van der Waals surface area contributed by atoms with Crippen LogP contribution in [0.25, 0.3) is 132 Å². The molecule has 0 aliphatic carbocycles. The van der Waals surface area contributed by atoms with Gasteiger partial charge in [0.25, 0.3) is 0 Å². The fourth-order valence-electron chi connectivity index (χ4n) is 17.4. The van der Waals surface area contributed by atoms with Crippen molar-refractivity contribution in [1.29, 1.82) is 0 Å². The molecule has 512 valence electrons. The van der Waals surface area contributed by atoms with Crippen LogP contribution in [0.3, 0.4) is 0 Å². The molecule has 15 aromatic carbocycles. The lowest BCUT2D eigenvalue weighted by Gasteiger charge is -2.46. The summed E-state index contributed by atoms with van der Waals surface area (Å²) in [5, 5.41) is 24.9. The van der Waals surface area contributed by atoms with Gasteiger partial charge in [-0.2, -0.15) is 26.3 Å². The van der Waals surface area contributed by atoms with Gasteiger partial charge >= 0.3 is 18.0 Å². The third-order valence-corrected chi connectivity index (χ3v) is 26.6. The molecule has 0 bridgehead atoms. The highest BCUT2D eigenvalue weighted by molar-refractivity contribution is 7.21. The van der Waals surface area contributed by atoms with E-state index in [2.05, 4.69) is 155 Å². The Morgan fingerprint density at radius 3 is 0.916 bits per heavy atom. The van der Waals surface area contributed by atoms with Crippen molar-refractivity contribution in [3.05, 3.63) is 361 Å². The third-order valence-electron chi connectivity index (χ3n) is 21.7. The predicted molar refractivity (Wildman–Crippen MR) is 423 cm³/mol. The van der Waals surface area contributed by atoms with Gasteiger partial charge in [0.15, 0.2) is 19.4 Å². The molecule has 0 fully saturated rings. The molecule has 1 aliphatic rings. The average molecular weight is 1420 g/mol. The third kappa shape index (κ3) is 9.36. The van der Waals surface area contributed by atoms with E-state index >= 15 is 36.5 Å². The number of anilines is 3. The molecular formula is C92H56F6N6O2Si. The van der Waals surface area contributed by atoms with Crippen LogP contribution >= 0.6 is 0 Å². The Kier molecular flexibility index (Phi) is 14.0. The quantitative estimate of drug-likeness (QED) is 0.0593. The van der Waals surface area contributed by atoms with Gasteiger partial charge in [-0.3, -0.25) is 10.1 Å². The van der Waals surface area contributed by atoms with E-state index in [9.17, 15) is 0 Å². The monoisotopic (exact) mass is 1420 g/mol. The Bertz CT molecular complexity index is 6540. The minimum atomic E-state index is -4.97. The van der Waals surface area contributed by atoms with Crippen LogP contribution in [0.5, 0.6) is 0 Å². The van der Waals surface area contributed by atoms with Crippen LogP contribution in [0.15, 0.2) is 340 Å². The van der Waals surface area contributed by atoms with Gasteiger partial charge in [0.2, 0.25) is 0 Å². The first-order valence-electron chi connectivity index (χ1n) is 35.1. The molecule has 1 aliphatic heterocycles. The maximum atomic E-state index is 16.6. The van der Waals surface area contributed by atoms with Crippen LogP contribution < -0.4 is 25.6 Å². The zero-order valence-electron chi connectivity index (χ0n) is 56.6. The molecule has 0 N–H and O–H groups in total. The summed E-state index contributed by atoms with van der Waals surface area (Å²) in [5.41, 5.74) is 6.79. The number of benzene rings is 15. The van der Waals surface area contributed by atoms with Gasteiger partial charge in [-0.15, -0.1) is 0 Å². The largest absolute Gasteiger partial charge is 0.416 e. The fraction of sp³-hybridized carbons (Fsp3) is 0.0217. The first kappa shape index (κ1) is 63.2. The number of aromatic nitrogens is 4. The second kappa shape index (κ2) is 23.8. The Labute approximate surface area is 608 Å². The maximum absolute atomic E-state index is 16.6. The Morgan fingerprint density at radius 2 is 0.561 bits per heavy atom. The Hall–Kier alpha value is -13.5. The van der Waals surface area contributed by atoms with Gasteiger partial charge in [0, 0.05) is 54.5 Å². The standard InChI is InChI=1S/C92H56F6N6O2Si/c93-91(94,95)61-47-51-79-71(55-61)72-56-62(92(96,97)98)48-52-80(72)102(79)89-86(99-73-37-17-13-33-65(73)66-34-14-18-38-74(66)99)85(103-81-41-21-23-43-83(81)107(63-29-9-3-10-30-63,64-31-11-4-12-32-64)84-44-24-22-42-82(84)103)87(88(90(89)104(105)106)100-75-39-19-15-35-67(75)68-36-16-20-40-76(68)100)101-77-49-45-59(57-25-5-1-6-26-57)53-69(77)70-54-60(46-50-78(70)101)58-27-7-2-8-28-58/h1-56H. The van der Waals surface area contributed by atoms with E-state index in [4.69, 9.17) is 0 Å². The van der Waals surface area contributed by atoms with Crippen LogP contribution in [0, 0.1) is 10.1 Å². The summed E-state index contributed by atoms with van der Waals surface area (Å²) in [6.45, 7) is 0. The predicted octanol–water partition coefficient (Wildman–Crippen LogP) is 22.5. The first-order chi connectivity index (χ1) is 52.3. The SMILES string of the molecule is O=[N+]([O-])c1c(-n2c3ccccc3c3ccccc32)c(-n2c3ccc(-c4ccccc4)cc3c3cc(-c4ccccc4)ccc32)c(N2c3ccccc3[Si](c3ccccc3)(c3ccccc3)c3ccccc32)c(-n2c3ccccc3c3ccccc32)c1-n1c2ccc(C(F)(F)F)cc2c2cc(C(F)(F)F)ccc21. The highest BCUT2D eigenvalue weighted by atomic mass is 28.3. The summed E-state index contributed by atoms with van der Waals surface area (Å²) in [5.74, 6) is 0. The lowest BCUT2D eigenvalue weighted by Crippen LogP contribution is -2.77. The molecule has 20 rings (SSSR count). The minimum Gasteiger partial charge on any atom is -0.307 e. The number of nitro groups is 1. The molecule has 19 aromatic rings. The second-order valence-corrected chi connectivity index (χ2v) is 31.0. The lowest BCUT2D eigenvalue weighted by atomic mass is 10.0. The van der Waals surface area contributed by atoms with Crippen molar-refractivity contribution in [2.45, 2.75) is 12.4 Å². The molecule has 107 heavy (non-hydrogen) atoms. The van der Waals surface area contributed by atoms with Crippen molar-refractivity contribution in [1.82, 2.24) is 18.3 Å². The van der Waals surface area contributed by atoms with Gasteiger partial charge in [0.1, 0.15) is 11.4 Å². The normalized spacial score (nSPS) is 13.1. The van der Waals surface area contributed by atoms with Crippen molar-refractivity contribution in [2.75, 3.05) is 4.90 Å². The molecule has 0 spiro atoms. The summed E-state index contributed by atoms with van der Waals surface area (Å²) in [7, 11) is -3.58. The van der Waals surface area contributed by atoms with Crippen LogP contribution in [0.4, 0.5) is 49.1 Å². The van der Waals surface area contributed by atoms with Gasteiger partial charge in [-0.05, 0) is 140 Å². The maximum Gasteiger partial charge on any atom is 0.416 e. The molecular weight excluding hydrogens is 1360 g/mol. The van der Waals surface area contributed by atoms with E-state index in [1.54, 1.807) is 4.57 Å². The number of rotatable bonds is 10. The van der Waals surface area contributed by atoms with Crippen molar-refractivity contribution in [2.24, 2.45) is 0 Å². The number of halogens is 6. The molecule has 0 saturated carbocycles. The van der Waals surface area contributed by atoms with E-state index in [1.807, 2.05) is 167 Å². The highest BCUT2D eigenvalue weighted by Crippen LogP contribution is 2.58. The van der Waals surface area contributed by atoms with Gasteiger partial charge < -0.3 is 23.2 Å². The summed E-state index contributed by atoms with van der Waals surface area (Å²) in [6.07, 6.45) is -9.94. The number of hydrogen-bond acceptors (Lipinski definition) is 3. The second-order valence-electron chi connectivity index (χ2n) is 27.3. The smallest absolute Gasteiger partial charge is 0.307 e. The summed E-state index contributed by atoms with van der Waals surface area (Å²) < 4.78 is 101. The topological polar surface area (TPSA) is 66.1 Å². The van der Waals surface area contributed by atoms with E-state index in [-0.39, 0.29) is 38.9 Å². The van der Waals surface area contributed by atoms with Crippen LogP contribution in [-0.4, -0.2) is 31.3 Å². The molecule has 15 heteroatoms. The Balaban J connectivity index is 1.12. The van der Waals surface area contributed by atoms with Crippen molar-refractivity contribution >= 4 is 139 Å². The highest BCUT2D eigenvalue weighted by Gasteiger charge is 2.51. The van der Waals surface area contributed by atoms with Crippen molar-refractivity contribution in [3.63, 3.8) is 0 Å². The summed E-state index contributed by atoms with van der Waals surface area (Å²) in [4.78, 5) is 18.4. The minimum absolute atomic E-state index is 0.0258. The number of alkyl halides is 6. The van der Waals surface area contributed by atoms with E-state index in [1.165, 1.54) is 12.1 Å². The fourth-order valence-corrected chi connectivity index (χ4v) is 22.5.